The van der Waals surface area contributed by atoms with Crippen molar-refractivity contribution in [2.45, 2.75) is 156 Å². The first-order chi connectivity index (χ1) is 30.8. The van der Waals surface area contributed by atoms with Crippen LogP contribution in [0.25, 0.3) is 0 Å². The zero-order valence-electron chi connectivity index (χ0n) is 40.9. The third kappa shape index (κ3) is 16.8. The quantitative estimate of drug-likeness (QED) is 0.0169. The van der Waals surface area contributed by atoms with Crippen LogP contribution in [-0.4, -0.2) is 107 Å². The first-order valence-corrected chi connectivity index (χ1v) is 24.7. The van der Waals surface area contributed by atoms with Crippen LogP contribution in [-0.2, 0) is 28.5 Å². The van der Waals surface area contributed by atoms with Gasteiger partial charge in [0.05, 0.1) is 26.4 Å². The number of nitrogens with one attached hydrogen (secondary N) is 3. The second-order valence-electron chi connectivity index (χ2n) is 20.4. The molecule has 0 bridgehead atoms. The van der Waals surface area contributed by atoms with Crippen LogP contribution in [0.1, 0.15) is 138 Å². The highest BCUT2D eigenvalue weighted by molar-refractivity contribution is 5.86. The van der Waals surface area contributed by atoms with Gasteiger partial charge in [0.25, 0.3) is 0 Å². The van der Waals surface area contributed by atoms with E-state index in [1.165, 1.54) is 56.9 Å². The van der Waals surface area contributed by atoms with Crippen molar-refractivity contribution in [3.63, 3.8) is 0 Å². The number of aliphatic imine (C=N–C) groups is 2. The third-order valence-electron chi connectivity index (χ3n) is 15.0. The van der Waals surface area contributed by atoms with Crippen LogP contribution in [0.15, 0.2) is 21.6 Å². The fourth-order valence-corrected chi connectivity index (χ4v) is 11.7. The van der Waals surface area contributed by atoms with Crippen LogP contribution < -0.4 is 38.9 Å². The van der Waals surface area contributed by atoms with Gasteiger partial charge in [-0.25, -0.2) is 14.6 Å². The standard InChI is InChI=1S/C48H87N9O8/c1-32(2)11-10-12-33(3)37-16-17-38-36-15-14-34-31-35(18-20-47(34,6)39(36)19-21-48(37,38)7)65-45(60)56-25-28-64-46(4,5)63-27-24-55-44(59)62-30-29-61-26-23-53-41(58)40(57-43(51)52)13-8-9-22-54-42(49)50/h14,32-33,35-40H,8-13,15-31H2,1-7H3,(H,53,58)(H,55,59)(H,56,60)(H4,49,50,54)(H4,51,52,57). The minimum absolute atomic E-state index is 0.0173. The summed E-state index contributed by atoms with van der Waals surface area (Å²) in [6, 6.07) is -0.737. The summed E-state index contributed by atoms with van der Waals surface area (Å²) in [5.41, 5.74) is 23.8. The van der Waals surface area contributed by atoms with Gasteiger partial charge in [0.1, 0.15) is 18.8 Å². The first-order valence-electron chi connectivity index (χ1n) is 24.7. The second-order valence-corrected chi connectivity index (χ2v) is 20.4. The molecule has 0 aliphatic heterocycles. The van der Waals surface area contributed by atoms with E-state index in [-0.39, 0.29) is 82.0 Å². The predicted octanol–water partition coefficient (Wildman–Crippen LogP) is 5.84. The van der Waals surface area contributed by atoms with E-state index >= 15 is 0 Å². The Kier molecular flexibility index (Phi) is 21.4. The van der Waals surface area contributed by atoms with E-state index in [2.05, 4.69) is 66.6 Å². The van der Waals surface area contributed by atoms with Crippen LogP contribution in [0.4, 0.5) is 9.59 Å². The summed E-state index contributed by atoms with van der Waals surface area (Å²) in [5, 5.41) is 8.21. The number of guanidine groups is 2. The lowest BCUT2D eigenvalue weighted by Crippen LogP contribution is -2.51. The highest BCUT2D eigenvalue weighted by Crippen LogP contribution is 2.67. The van der Waals surface area contributed by atoms with Gasteiger partial charge in [0.2, 0.25) is 5.91 Å². The Morgan fingerprint density at radius 1 is 0.785 bits per heavy atom. The van der Waals surface area contributed by atoms with Crippen molar-refractivity contribution in [2.24, 2.45) is 79.3 Å². The van der Waals surface area contributed by atoms with Crippen molar-refractivity contribution in [1.82, 2.24) is 16.0 Å². The molecule has 9 unspecified atom stereocenters. The molecule has 0 aromatic rings. The highest BCUT2D eigenvalue weighted by atomic mass is 16.7. The molecule has 0 radical (unpaired) electrons. The molecule has 17 nitrogen and oxygen atoms in total. The number of nitrogens with two attached hydrogens (primary N) is 4. The Labute approximate surface area is 389 Å². The van der Waals surface area contributed by atoms with E-state index in [9.17, 15) is 14.4 Å². The van der Waals surface area contributed by atoms with Crippen molar-refractivity contribution >= 4 is 30.0 Å². The van der Waals surface area contributed by atoms with E-state index in [1.807, 2.05) is 0 Å². The molecule has 4 aliphatic rings. The molecule has 3 amide bonds. The number of hydrogen-bond donors (Lipinski definition) is 7. The summed E-state index contributed by atoms with van der Waals surface area (Å²) in [6.45, 7) is 17.9. The highest BCUT2D eigenvalue weighted by Gasteiger charge is 2.59. The molecule has 11 N–H and O–H groups in total. The molecule has 0 aromatic heterocycles. The molecule has 4 aliphatic carbocycles. The van der Waals surface area contributed by atoms with E-state index in [1.54, 1.807) is 13.8 Å². The smallest absolute Gasteiger partial charge is 0.407 e. The number of carbonyl (C=O) groups excluding carboxylic acids is 3. The second kappa shape index (κ2) is 25.9. The third-order valence-corrected chi connectivity index (χ3v) is 15.0. The summed E-state index contributed by atoms with van der Waals surface area (Å²) >= 11 is 0. The number of alkyl carbamates (subject to hydrolysis) is 2. The summed E-state index contributed by atoms with van der Waals surface area (Å²) in [6.07, 6.45) is 16.7. The Bertz CT molecular complexity index is 1600. The van der Waals surface area contributed by atoms with Crippen molar-refractivity contribution in [1.29, 1.82) is 0 Å². The molecule has 3 fully saturated rings. The van der Waals surface area contributed by atoms with Crippen LogP contribution in [0.2, 0.25) is 0 Å². The van der Waals surface area contributed by atoms with Gasteiger partial charge in [-0.15, -0.1) is 0 Å². The first kappa shape index (κ1) is 53.8. The Hall–Kier alpha value is -3.83. The molecule has 17 heteroatoms. The average Bonchev–Trinajstić information content (AvgIpc) is 3.60. The maximum Gasteiger partial charge on any atom is 0.407 e. The number of allylic oxidation sites excluding steroid dienone is 1. The normalized spacial score (nSPS) is 26.9. The van der Waals surface area contributed by atoms with E-state index < -0.39 is 24.0 Å². The number of hydrogen-bond acceptors (Lipinski definition) is 10. The molecule has 3 saturated carbocycles. The number of unbranched alkanes of at least 4 members (excludes halogenated alkanes) is 1. The number of nitrogens with zero attached hydrogens (tertiary/aromatic N) is 2. The molecule has 0 spiro atoms. The Morgan fingerprint density at radius 3 is 2.18 bits per heavy atom. The molecule has 0 heterocycles. The van der Waals surface area contributed by atoms with E-state index in [0.29, 0.717) is 31.2 Å². The maximum absolute atomic E-state index is 12.9. The van der Waals surface area contributed by atoms with Gasteiger partial charge < -0.3 is 62.6 Å². The Morgan fingerprint density at radius 2 is 1.49 bits per heavy atom. The molecule has 0 saturated heterocycles. The van der Waals surface area contributed by atoms with Crippen molar-refractivity contribution in [2.75, 3.05) is 59.2 Å². The SMILES string of the molecule is CC(C)CCCC(C)C1CCC2C3CC=C4CC(OC(=O)NCCOC(C)(C)OCCNC(=O)OCCOCCNC(=O)C(CCCCN=C(N)N)N=C(N)N)CCC4(C)C3CCC12C. The van der Waals surface area contributed by atoms with Crippen molar-refractivity contribution in [3.05, 3.63) is 11.6 Å². The van der Waals surface area contributed by atoms with Crippen LogP contribution >= 0.6 is 0 Å². The molecular formula is C48H87N9O8. The molecule has 4 rings (SSSR count). The molecule has 372 valence electrons. The summed E-state index contributed by atoms with van der Waals surface area (Å²) < 4.78 is 28.2. The topological polar surface area (TPSA) is 262 Å². The van der Waals surface area contributed by atoms with Gasteiger partial charge in [-0.05, 0) is 124 Å². The summed E-state index contributed by atoms with van der Waals surface area (Å²) in [4.78, 5) is 45.4. The monoisotopic (exact) mass is 918 g/mol. The Balaban J connectivity index is 1.03. The van der Waals surface area contributed by atoms with E-state index in [4.69, 9.17) is 46.6 Å². The van der Waals surface area contributed by atoms with Crippen LogP contribution in [0.3, 0.4) is 0 Å². The molecular weight excluding hydrogens is 831 g/mol. The number of amides is 3. The van der Waals surface area contributed by atoms with Gasteiger partial charge in [0.15, 0.2) is 17.7 Å². The fourth-order valence-electron chi connectivity index (χ4n) is 11.7. The lowest BCUT2D eigenvalue weighted by Gasteiger charge is -2.58. The van der Waals surface area contributed by atoms with Gasteiger partial charge >= 0.3 is 12.2 Å². The minimum atomic E-state index is -0.945. The lowest BCUT2D eigenvalue weighted by atomic mass is 9.47. The number of fused-ring (bicyclic) bond motifs is 5. The van der Waals surface area contributed by atoms with Crippen molar-refractivity contribution in [3.8, 4) is 0 Å². The van der Waals surface area contributed by atoms with Crippen LogP contribution in [0.5, 0.6) is 0 Å². The summed E-state index contributed by atoms with van der Waals surface area (Å²) in [7, 11) is 0. The molecule has 65 heavy (non-hydrogen) atoms. The predicted molar refractivity (Wildman–Crippen MR) is 255 cm³/mol. The van der Waals surface area contributed by atoms with E-state index in [0.717, 1.165) is 54.8 Å². The number of rotatable bonds is 27. The summed E-state index contributed by atoms with van der Waals surface area (Å²) in [5.74, 6) is 3.38. The van der Waals surface area contributed by atoms with Gasteiger partial charge in [0, 0.05) is 32.6 Å². The van der Waals surface area contributed by atoms with Crippen molar-refractivity contribution < 1.29 is 38.1 Å². The molecule has 0 aromatic carbocycles. The number of carbonyl (C=O) groups is 3. The minimum Gasteiger partial charge on any atom is -0.447 e. The molecule has 9 atom stereocenters. The zero-order chi connectivity index (χ0) is 47.6. The van der Waals surface area contributed by atoms with Gasteiger partial charge in [-0.2, -0.15) is 0 Å². The largest absolute Gasteiger partial charge is 0.447 e. The zero-order valence-corrected chi connectivity index (χ0v) is 40.9. The van der Waals surface area contributed by atoms with Gasteiger partial charge in [-0.1, -0.05) is 65.5 Å². The maximum atomic E-state index is 12.9. The van der Waals surface area contributed by atoms with Gasteiger partial charge in [-0.3, -0.25) is 9.79 Å². The average molecular weight is 918 g/mol. The lowest BCUT2D eigenvalue weighted by molar-refractivity contribution is -0.211. The fraction of sp³-hybridized carbons (Fsp3) is 0.854. The number of ether oxygens (including phenoxy) is 5. The van der Waals surface area contributed by atoms with Crippen LogP contribution in [0, 0.1) is 46.3 Å².